The molecular formula is C11H17NO3. The molecule has 0 aliphatic heterocycles. The quantitative estimate of drug-likeness (QED) is 0.826. The Morgan fingerprint density at radius 3 is 2.40 bits per heavy atom. The van der Waals surface area contributed by atoms with Crippen LogP contribution in [0.25, 0.3) is 0 Å². The van der Waals surface area contributed by atoms with Gasteiger partial charge in [0.2, 0.25) is 0 Å². The highest BCUT2D eigenvalue weighted by Gasteiger charge is 2.29. The highest BCUT2D eigenvalue weighted by Crippen LogP contribution is 2.28. The molecule has 4 nitrogen and oxygen atoms in total. The summed E-state index contributed by atoms with van der Waals surface area (Å²) in [5.74, 6) is 0.190. The van der Waals surface area contributed by atoms with E-state index in [1.165, 1.54) is 0 Å². The van der Waals surface area contributed by atoms with Crippen molar-refractivity contribution in [2.24, 2.45) is 5.92 Å². The molecule has 0 spiro atoms. The molecule has 0 radical (unpaired) electrons. The molecule has 0 amide bonds. The third kappa shape index (κ3) is 2.59. The normalized spacial score (nSPS) is 15.3. The smallest absolute Gasteiger partial charge is 0.308 e. The largest absolute Gasteiger partial charge is 0.481 e. The van der Waals surface area contributed by atoms with Gasteiger partial charge >= 0.3 is 5.97 Å². The Hall–Kier alpha value is -1.29. The van der Waals surface area contributed by atoms with Crippen molar-refractivity contribution in [1.82, 2.24) is 4.90 Å². The van der Waals surface area contributed by atoms with E-state index in [0.29, 0.717) is 5.76 Å². The predicted octanol–water partition coefficient (Wildman–Crippen LogP) is 1.91. The summed E-state index contributed by atoms with van der Waals surface area (Å²) in [7, 11) is 3.70. The van der Waals surface area contributed by atoms with Gasteiger partial charge in [-0.25, -0.2) is 0 Å². The monoisotopic (exact) mass is 211 g/mol. The molecular weight excluding hydrogens is 194 g/mol. The molecule has 0 fully saturated rings. The molecule has 0 bridgehead atoms. The molecule has 0 aliphatic carbocycles. The summed E-state index contributed by atoms with van der Waals surface area (Å²) in [6.07, 6.45) is 0. The van der Waals surface area contributed by atoms with Gasteiger partial charge in [-0.2, -0.15) is 0 Å². The maximum absolute atomic E-state index is 11.0. The SMILES string of the molecule is Cc1ccc(C(C(C)C(=O)O)N(C)C)o1. The molecule has 1 aromatic rings. The van der Waals surface area contributed by atoms with Gasteiger partial charge in [0.05, 0.1) is 12.0 Å². The fourth-order valence-electron chi connectivity index (χ4n) is 1.70. The fourth-order valence-corrected chi connectivity index (χ4v) is 1.70. The Morgan fingerprint density at radius 2 is 2.07 bits per heavy atom. The molecule has 0 saturated heterocycles. The van der Waals surface area contributed by atoms with E-state index in [-0.39, 0.29) is 6.04 Å². The first-order valence-corrected chi connectivity index (χ1v) is 4.89. The van der Waals surface area contributed by atoms with Crippen LogP contribution in [-0.4, -0.2) is 30.1 Å². The number of carbonyl (C=O) groups is 1. The van der Waals surface area contributed by atoms with Gasteiger partial charge in [0.1, 0.15) is 11.5 Å². The van der Waals surface area contributed by atoms with Crippen molar-refractivity contribution >= 4 is 5.97 Å². The molecule has 0 aliphatic rings. The number of rotatable bonds is 4. The first-order chi connectivity index (χ1) is 6.93. The standard InChI is InChI=1S/C11H17NO3/c1-7-5-6-9(15-7)10(12(3)4)8(2)11(13)14/h5-6,8,10H,1-4H3,(H,13,14). The zero-order chi connectivity index (χ0) is 11.6. The maximum atomic E-state index is 11.0. The van der Waals surface area contributed by atoms with Crippen LogP contribution in [0.15, 0.2) is 16.5 Å². The number of carboxylic acid groups (broad SMARTS) is 1. The highest BCUT2D eigenvalue weighted by molar-refractivity contribution is 5.70. The summed E-state index contributed by atoms with van der Waals surface area (Å²) in [5.41, 5.74) is 0. The molecule has 0 saturated carbocycles. The second kappa shape index (κ2) is 4.49. The van der Waals surface area contributed by atoms with Crippen LogP contribution in [0.3, 0.4) is 0 Å². The Morgan fingerprint density at radius 1 is 1.47 bits per heavy atom. The lowest BCUT2D eigenvalue weighted by atomic mass is 9.99. The number of hydrogen-bond acceptors (Lipinski definition) is 3. The molecule has 1 rings (SSSR count). The third-order valence-electron chi connectivity index (χ3n) is 2.47. The third-order valence-corrected chi connectivity index (χ3v) is 2.47. The Labute approximate surface area is 89.5 Å². The highest BCUT2D eigenvalue weighted by atomic mass is 16.4. The molecule has 1 aromatic heterocycles. The van der Waals surface area contributed by atoms with Gasteiger partial charge in [-0.15, -0.1) is 0 Å². The molecule has 2 unspecified atom stereocenters. The van der Waals surface area contributed by atoms with Crippen LogP contribution in [-0.2, 0) is 4.79 Å². The van der Waals surface area contributed by atoms with Crippen LogP contribution in [0.5, 0.6) is 0 Å². The van der Waals surface area contributed by atoms with Crippen molar-refractivity contribution < 1.29 is 14.3 Å². The van der Waals surface area contributed by atoms with Gasteiger partial charge in [0.15, 0.2) is 0 Å². The zero-order valence-electron chi connectivity index (χ0n) is 9.52. The second-order valence-corrected chi connectivity index (χ2v) is 3.98. The van der Waals surface area contributed by atoms with E-state index in [1.807, 2.05) is 38.1 Å². The van der Waals surface area contributed by atoms with Crippen LogP contribution in [0.1, 0.15) is 24.5 Å². The van der Waals surface area contributed by atoms with Gasteiger partial charge in [-0.3, -0.25) is 9.69 Å². The Kier molecular flexibility index (Phi) is 3.52. The van der Waals surface area contributed by atoms with E-state index in [0.717, 1.165) is 5.76 Å². The van der Waals surface area contributed by atoms with Crippen LogP contribution < -0.4 is 0 Å². The van der Waals surface area contributed by atoms with Crippen LogP contribution in [0.2, 0.25) is 0 Å². The van der Waals surface area contributed by atoms with E-state index in [2.05, 4.69) is 0 Å². The van der Waals surface area contributed by atoms with Gasteiger partial charge in [0.25, 0.3) is 0 Å². The molecule has 2 atom stereocenters. The van der Waals surface area contributed by atoms with Crippen molar-refractivity contribution in [3.63, 3.8) is 0 Å². The lowest BCUT2D eigenvalue weighted by molar-refractivity contribution is -0.143. The lowest BCUT2D eigenvalue weighted by Crippen LogP contribution is -2.30. The van der Waals surface area contributed by atoms with Crippen molar-refractivity contribution in [3.05, 3.63) is 23.7 Å². The van der Waals surface area contributed by atoms with E-state index in [1.54, 1.807) is 6.92 Å². The molecule has 4 heteroatoms. The van der Waals surface area contributed by atoms with Crippen LogP contribution >= 0.6 is 0 Å². The second-order valence-electron chi connectivity index (χ2n) is 3.98. The first kappa shape index (κ1) is 11.8. The van der Waals surface area contributed by atoms with Crippen molar-refractivity contribution in [2.45, 2.75) is 19.9 Å². The molecule has 0 aromatic carbocycles. The van der Waals surface area contributed by atoms with Gasteiger partial charge < -0.3 is 9.52 Å². The predicted molar refractivity (Wildman–Crippen MR) is 56.7 cm³/mol. The van der Waals surface area contributed by atoms with Gasteiger partial charge in [-0.05, 0) is 40.1 Å². The number of carboxylic acids is 1. The summed E-state index contributed by atoms with van der Waals surface area (Å²) < 4.78 is 5.47. The van der Waals surface area contributed by atoms with E-state index in [9.17, 15) is 4.79 Å². The average Bonchev–Trinajstić information content (AvgIpc) is 2.51. The molecule has 1 heterocycles. The van der Waals surface area contributed by atoms with Crippen molar-refractivity contribution in [3.8, 4) is 0 Å². The fraction of sp³-hybridized carbons (Fsp3) is 0.545. The number of aliphatic carboxylic acids is 1. The van der Waals surface area contributed by atoms with E-state index in [4.69, 9.17) is 9.52 Å². The summed E-state index contributed by atoms with van der Waals surface area (Å²) in [6, 6.07) is 3.45. The summed E-state index contributed by atoms with van der Waals surface area (Å²) in [6.45, 7) is 3.53. The zero-order valence-corrected chi connectivity index (χ0v) is 9.52. The topological polar surface area (TPSA) is 53.7 Å². The summed E-state index contributed by atoms with van der Waals surface area (Å²) in [4.78, 5) is 12.8. The molecule has 15 heavy (non-hydrogen) atoms. The average molecular weight is 211 g/mol. The number of hydrogen-bond donors (Lipinski definition) is 1. The van der Waals surface area contributed by atoms with Crippen molar-refractivity contribution in [2.75, 3.05) is 14.1 Å². The molecule has 84 valence electrons. The number of aryl methyl sites for hydroxylation is 1. The van der Waals surface area contributed by atoms with Crippen LogP contribution in [0.4, 0.5) is 0 Å². The summed E-state index contributed by atoms with van der Waals surface area (Å²) in [5, 5.41) is 9.00. The maximum Gasteiger partial charge on any atom is 0.308 e. The minimum atomic E-state index is -0.817. The van der Waals surface area contributed by atoms with Crippen LogP contribution in [0, 0.1) is 12.8 Å². The van der Waals surface area contributed by atoms with E-state index < -0.39 is 11.9 Å². The van der Waals surface area contributed by atoms with Gasteiger partial charge in [-0.1, -0.05) is 0 Å². The lowest BCUT2D eigenvalue weighted by Gasteiger charge is -2.25. The Balaban J connectivity index is 2.98. The first-order valence-electron chi connectivity index (χ1n) is 4.89. The van der Waals surface area contributed by atoms with Crippen molar-refractivity contribution in [1.29, 1.82) is 0 Å². The minimum Gasteiger partial charge on any atom is -0.481 e. The number of nitrogens with zero attached hydrogens (tertiary/aromatic N) is 1. The van der Waals surface area contributed by atoms with E-state index >= 15 is 0 Å². The molecule has 1 N–H and O–H groups in total. The van der Waals surface area contributed by atoms with Gasteiger partial charge in [0, 0.05) is 0 Å². The number of furan rings is 1. The summed E-state index contributed by atoms with van der Waals surface area (Å²) >= 11 is 0. The Bertz CT molecular complexity index is 343. The minimum absolute atomic E-state index is 0.226.